The van der Waals surface area contributed by atoms with Gasteiger partial charge in [-0.2, -0.15) is 0 Å². The van der Waals surface area contributed by atoms with Crippen molar-refractivity contribution in [1.29, 1.82) is 0 Å². The summed E-state index contributed by atoms with van der Waals surface area (Å²) in [4.78, 5) is 12.1. The Kier molecular flexibility index (Phi) is 7.10. The Labute approximate surface area is 153 Å². The minimum atomic E-state index is -0.0892. The van der Waals surface area contributed by atoms with E-state index in [2.05, 4.69) is 10.6 Å². The number of hydrogen-bond donors (Lipinski definition) is 2. The summed E-state index contributed by atoms with van der Waals surface area (Å²) in [7, 11) is 3.24. The van der Waals surface area contributed by atoms with Crippen LogP contribution in [0.3, 0.4) is 0 Å². The SMILES string of the molecule is COc1ccc(OC)c([C@@H](C)NCC(=O)NCc2cccc(Cl)c2)c1. The zero-order valence-electron chi connectivity index (χ0n) is 14.6. The van der Waals surface area contributed by atoms with Crippen molar-refractivity contribution in [2.24, 2.45) is 0 Å². The first-order chi connectivity index (χ1) is 12.0. The Morgan fingerprint density at radius 2 is 1.96 bits per heavy atom. The van der Waals surface area contributed by atoms with Crippen LogP contribution in [-0.2, 0) is 11.3 Å². The summed E-state index contributed by atoms with van der Waals surface area (Å²) in [5, 5.41) is 6.72. The Hall–Kier alpha value is -2.24. The molecule has 0 saturated carbocycles. The van der Waals surface area contributed by atoms with Crippen LogP contribution < -0.4 is 20.1 Å². The fourth-order valence-electron chi connectivity index (χ4n) is 2.44. The highest BCUT2D eigenvalue weighted by Gasteiger charge is 2.13. The first kappa shape index (κ1) is 19.1. The molecule has 134 valence electrons. The van der Waals surface area contributed by atoms with E-state index in [1.165, 1.54) is 0 Å². The molecule has 0 radical (unpaired) electrons. The number of methoxy groups -OCH3 is 2. The van der Waals surface area contributed by atoms with E-state index in [9.17, 15) is 4.79 Å². The van der Waals surface area contributed by atoms with Gasteiger partial charge in [0.15, 0.2) is 0 Å². The Morgan fingerprint density at radius 1 is 1.16 bits per heavy atom. The summed E-state index contributed by atoms with van der Waals surface area (Å²) in [5.41, 5.74) is 1.90. The summed E-state index contributed by atoms with van der Waals surface area (Å²) in [5.74, 6) is 1.41. The van der Waals surface area contributed by atoms with Crippen molar-refractivity contribution >= 4 is 17.5 Å². The van der Waals surface area contributed by atoms with Crippen LogP contribution in [-0.4, -0.2) is 26.7 Å². The van der Waals surface area contributed by atoms with E-state index >= 15 is 0 Å². The van der Waals surface area contributed by atoms with E-state index in [-0.39, 0.29) is 18.5 Å². The zero-order chi connectivity index (χ0) is 18.2. The fourth-order valence-corrected chi connectivity index (χ4v) is 2.66. The lowest BCUT2D eigenvalue weighted by Crippen LogP contribution is -2.34. The second-order valence-electron chi connectivity index (χ2n) is 5.62. The van der Waals surface area contributed by atoms with Gasteiger partial charge in [0.2, 0.25) is 5.91 Å². The quantitative estimate of drug-likeness (QED) is 0.756. The van der Waals surface area contributed by atoms with Crippen LogP contribution in [0.4, 0.5) is 0 Å². The number of carbonyl (C=O) groups is 1. The fraction of sp³-hybridized carbons (Fsp3) is 0.316. The van der Waals surface area contributed by atoms with Crippen LogP contribution in [0.25, 0.3) is 0 Å². The van der Waals surface area contributed by atoms with Crippen molar-refractivity contribution in [3.63, 3.8) is 0 Å². The third kappa shape index (κ3) is 5.66. The normalized spacial score (nSPS) is 11.7. The number of hydrogen-bond acceptors (Lipinski definition) is 4. The molecule has 1 atom stereocenters. The van der Waals surface area contributed by atoms with Crippen LogP contribution >= 0.6 is 11.6 Å². The van der Waals surface area contributed by atoms with E-state index in [1.807, 2.05) is 43.3 Å². The van der Waals surface area contributed by atoms with Gasteiger partial charge in [0.1, 0.15) is 11.5 Å². The Morgan fingerprint density at radius 3 is 2.64 bits per heavy atom. The summed E-state index contributed by atoms with van der Waals surface area (Å²) in [6.07, 6.45) is 0. The zero-order valence-corrected chi connectivity index (χ0v) is 15.4. The largest absolute Gasteiger partial charge is 0.497 e. The van der Waals surface area contributed by atoms with Crippen molar-refractivity contribution in [2.45, 2.75) is 19.5 Å². The maximum atomic E-state index is 12.1. The lowest BCUT2D eigenvalue weighted by atomic mass is 10.1. The van der Waals surface area contributed by atoms with Gasteiger partial charge >= 0.3 is 0 Å². The first-order valence-corrected chi connectivity index (χ1v) is 8.37. The third-order valence-electron chi connectivity index (χ3n) is 3.85. The number of halogens is 1. The van der Waals surface area contributed by atoms with Gasteiger partial charge in [-0.1, -0.05) is 23.7 Å². The van der Waals surface area contributed by atoms with Gasteiger partial charge in [0.05, 0.1) is 20.8 Å². The number of amides is 1. The number of nitrogens with one attached hydrogen (secondary N) is 2. The van der Waals surface area contributed by atoms with Crippen molar-refractivity contribution in [2.75, 3.05) is 20.8 Å². The van der Waals surface area contributed by atoms with Crippen LogP contribution in [0, 0.1) is 0 Å². The molecule has 6 heteroatoms. The van der Waals surface area contributed by atoms with Crippen molar-refractivity contribution in [3.8, 4) is 11.5 Å². The molecular weight excluding hydrogens is 340 g/mol. The van der Waals surface area contributed by atoms with Gasteiger partial charge in [-0.05, 0) is 42.8 Å². The molecule has 0 aliphatic heterocycles. The topological polar surface area (TPSA) is 59.6 Å². The minimum Gasteiger partial charge on any atom is -0.497 e. The van der Waals surface area contributed by atoms with E-state index in [4.69, 9.17) is 21.1 Å². The molecule has 0 aliphatic rings. The van der Waals surface area contributed by atoms with E-state index in [0.29, 0.717) is 11.6 Å². The highest BCUT2D eigenvalue weighted by Crippen LogP contribution is 2.29. The second kappa shape index (κ2) is 9.30. The van der Waals surface area contributed by atoms with Gasteiger partial charge in [-0.3, -0.25) is 4.79 Å². The summed E-state index contributed by atoms with van der Waals surface area (Å²) >= 11 is 5.94. The molecule has 0 heterocycles. The van der Waals surface area contributed by atoms with Gasteiger partial charge < -0.3 is 20.1 Å². The molecule has 0 aromatic heterocycles. The molecule has 0 bridgehead atoms. The van der Waals surface area contributed by atoms with Gasteiger partial charge in [0, 0.05) is 23.2 Å². The molecule has 2 aromatic carbocycles. The van der Waals surface area contributed by atoms with E-state index in [0.717, 1.165) is 22.6 Å². The molecular formula is C19H23ClN2O3. The molecule has 5 nitrogen and oxygen atoms in total. The van der Waals surface area contributed by atoms with Gasteiger partial charge in [0.25, 0.3) is 0 Å². The first-order valence-electron chi connectivity index (χ1n) is 8.00. The highest BCUT2D eigenvalue weighted by molar-refractivity contribution is 6.30. The number of benzene rings is 2. The molecule has 0 saturated heterocycles. The monoisotopic (exact) mass is 362 g/mol. The molecule has 2 rings (SSSR count). The van der Waals surface area contributed by atoms with Crippen molar-refractivity contribution < 1.29 is 14.3 Å². The predicted octanol–water partition coefficient (Wildman–Crippen LogP) is 3.32. The molecule has 0 unspecified atom stereocenters. The lowest BCUT2D eigenvalue weighted by molar-refractivity contribution is -0.120. The van der Waals surface area contributed by atoms with Crippen molar-refractivity contribution in [3.05, 3.63) is 58.6 Å². The summed E-state index contributed by atoms with van der Waals surface area (Å²) in [6, 6.07) is 12.9. The van der Waals surface area contributed by atoms with Crippen LogP contribution in [0.5, 0.6) is 11.5 Å². The second-order valence-corrected chi connectivity index (χ2v) is 6.05. The molecule has 2 N–H and O–H groups in total. The minimum absolute atomic E-state index is 0.0676. The number of rotatable bonds is 8. The average Bonchev–Trinajstić information content (AvgIpc) is 2.63. The van der Waals surface area contributed by atoms with Crippen LogP contribution in [0.2, 0.25) is 5.02 Å². The predicted molar refractivity (Wildman–Crippen MR) is 99.3 cm³/mol. The maximum Gasteiger partial charge on any atom is 0.234 e. The molecule has 2 aromatic rings. The van der Waals surface area contributed by atoms with Crippen LogP contribution in [0.1, 0.15) is 24.1 Å². The van der Waals surface area contributed by atoms with Gasteiger partial charge in [-0.15, -0.1) is 0 Å². The highest BCUT2D eigenvalue weighted by atomic mass is 35.5. The molecule has 0 fully saturated rings. The maximum absolute atomic E-state index is 12.1. The lowest BCUT2D eigenvalue weighted by Gasteiger charge is -2.18. The third-order valence-corrected chi connectivity index (χ3v) is 4.09. The standard InChI is InChI=1S/C19H23ClN2O3/c1-13(17-10-16(24-2)7-8-18(17)25-3)21-12-19(23)22-11-14-5-4-6-15(20)9-14/h4-10,13,21H,11-12H2,1-3H3,(H,22,23)/t13-/m1/s1. The molecule has 1 amide bonds. The van der Waals surface area contributed by atoms with Gasteiger partial charge in [-0.25, -0.2) is 0 Å². The molecule has 0 spiro atoms. The summed E-state index contributed by atoms with van der Waals surface area (Å²) < 4.78 is 10.6. The number of ether oxygens (including phenoxy) is 2. The molecule has 25 heavy (non-hydrogen) atoms. The van der Waals surface area contributed by atoms with Crippen LogP contribution in [0.15, 0.2) is 42.5 Å². The molecule has 0 aliphatic carbocycles. The Balaban J connectivity index is 1.88. The van der Waals surface area contributed by atoms with E-state index in [1.54, 1.807) is 20.3 Å². The smallest absolute Gasteiger partial charge is 0.234 e. The average molecular weight is 363 g/mol. The Bertz CT molecular complexity index is 722. The van der Waals surface area contributed by atoms with Crippen molar-refractivity contribution in [1.82, 2.24) is 10.6 Å². The summed E-state index contributed by atoms with van der Waals surface area (Å²) in [6.45, 7) is 2.61. The number of carbonyl (C=O) groups excluding carboxylic acids is 1. The van der Waals surface area contributed by atoms with E-state index < -0.39 is 0 Å².